The van der Waals surface area contributed by atoms with Crippen molar-refractivity contribution < 1.29 is 24.9 Å². The summed E-state index contributed by atoms with van der Waals surface area (Å²) in [6.45, 7) is 3.24. The van der Waals surface area contributed by atoms with Gasteiger partial charge in [0.25, 0.3) is 5.91 Å². The summed E-state index contributed by atoms with van der Waals surface area (Å²) in [4.78, 5) is 24.8. The first-order chi connectivity index (χ1) is 11.4. The van der Waals surface area contributed by atoms with Crippen LogP contribution in [0.1, 0.15) is 5.56 Å². The Balaban J connectivity index is 2.20. The van der Waals surface area contributed by atoms with Crippen LogP contribution in [-0.2, 0) is 16.0 Å². The SMILES string of the molecule is C=C(Cc1ccc(O)c(O)c1)C(=O)N(CC(=O)O)c1ccccc1. The maximum absolute atomic E-state index is 12.6. The molecule has 1 amide bonds. The molecule has 2 aromatic carbocycles. The summed E-state index contributed by atoms with van der Waals surface area (Å²) in [5, 5.41) is 27.9. The number of anilines is 1. The normalized spacial score (nSPS) is 10.2. The minimum absolute atomic E-state index is 0.121. The number of carboxylic acids is 1. The molecule has 24 heavy (non-hydrogen) atoms. The molecular formula is C18H17NO5. The van der Waals surface area contributed by atoms with Gasteiger partial charge in [0.05, 0.1) is 0 Å². The first-order valence-corrected chi connectivity index (χ1v) is 7.16. The molecule has 0 bridgehead atoms. The molecule has 0 unspecified atom stereocenters. The molecule has 0 spiro atoms. The quantitative estimate of drug-likeness (QED) is 0.559. The Hall–Kier alpha value is -3.28. The Morgan fingerprint density at radius 2 is 1.67 bits per heavy atom. The molecule has 0 aromatic heterocycles. The number of phenolic OH excluding ortho intramolecular Hbond substituents is 2. The zero-order valence-corrected chi connectivity index (χ0v) is 12.8. The highest BCUT2D eigenvalue weighted by molar-refractivity contribution is 6.07. The van der Waals surface area contributed by atoms with E-state index in [-0.39, 0.29) is 23.5 Å². The molecule has 3 N–H and O–H groups in total. The summed E-state index contributed by atoms with van der Waals surface area (Å²) >= 11 is 0. The zero-order valence-electron chi connectivity index (χ0n) is 12.8. The second kappa shape index (κ2) is 7.32. The lowest BCUT2D eigenvalue weighted by Crippen LogP contribution is -2.36. The van der Waals surface area contributed by atoms with Crippen LogP contribution in [0.25, 0.3) is 0 Å². The highest BCUT2D eigenvalue weighted by atomic mass is 16.4. The molecule has 6 nitrogen and oxygen atoms in total. The molecule has 0 fully saturated rings. The number of aliphatic carboxylic acids is 1. The van der Waals surface area contributed by atoms with Crippen molar-refractivity contribution in [2.24, 2.45) is 0 Å². The van der Waals surface area contributed by atoms with E-state index in [4.69, 9.17) is 5.11 Å². The van der Waals surface area contributed by atoms with Crippen LogP contribution in [-0.4, -0.2) is 33.7 Å². The van der Waals surface area contributed by atoms with Gasteiger partial charge in [-0.2, -0.15) is 0 Å². The van der Waals surface area contributed by atoms with Crippen molar-refractivity contribution in [1.82, 2.24) is 0 Å². The molecule has 0 atom stereocenters. The molecule has 0 aliphatic heterocycles. The second-order valence-corrected chi connectivity index (χ2v) is 5.22. The summed E-state index contributed by atoms with van der Waals surface area (Å²) in [6.07, 6.45) is 0.121. The number of carbonyl (C=O) groups excluding carboxylic acids is 1. The lowest BCUT2D eigenvalue weighted by molar-refractivity contribution is -0.136. The van der Waals surface area contributed by atoms with Crippen LogP contribution in [0.2, 0.25) is 0 Å². The number of hydrogen-bond donors (Lipinski definition) is 3. The van der Waals surface area contributed by atoms with E-state index in [1.807, 2.05) is 0 Å². The van der Waals surface area contributed by atoms with Gasteiger partial charge < -0.3 is 15.3 Å². The van der Waals surface area contributed by atoms with Crippen LogP contribution in [0.4, 0.5) is 5.69 Å². The van der Waals surface area contributed by atoms with Crippen LogP contribution >= 0.6 is 0 Å². The van der Waals surface area contributed by atoms with Gasteiger partial charge in [-0.3, -0.25) is 14.5 Å². The van der Waals surface area contributed by atoms with Crippen LogP contribution in [0.3, 0.4) is 0 Å². The molecule has 0 saturated heterocycles. The number of nitrogens with zero attached hydrogens (tertiary/aromatic N) is 1. The number of phenols is 2. The van der Waals surface area contributed by atoms with E-state index in [0.717, 1.165) is 4.90 Å². The van der Waals surface area contributed by atoms with Gasteiger partial charge in [-0.25, -0.2) is 0 Å². The Labute approximate surface area is 138 Å². The van der Waals surface area contributed by atoms with Gasteiger partial charge in [0, 0.05) is 17.7 Å². The second-order valence-electron chi connectivity index (χ2n) is 5.22. The first kappa shape index (κ1) is 17.1. The van der Waals surface area contributed by atoms with Crippen molar-refractivity contribution in [1.29, 1.82) is 0 Å². The standard InChI is InChI=1S/C18H17NO5/c1-12(9-13-7-8-15(20)16(21)10-13)18(24)19(11-17(22)23)14-5-3-2-4-6-14/h2-8,10,20-21H,1,9,11H2,(H,22,23). The molecule has 124 valence electrons. The van der Waals surface area contributed by atoms with Gasteiger partial charge >= 0.3 is 5.97 Å². The van der Waals surface area contributed by atoms with Crippen molar-refractivity contribution in [2.45, 2.75) is 6.42 Å². The van der Waals surface area contributed by atoms with E-state index in [1.165, 1.54) is 12.1 Å². The third kappa shape index (κ3) is 4.13. The molecular weight excluding hydrogens is 310 g/mol. The lowest BCUT2D eigenvalue weighted by atomic mass is 10.0. The Morgan fingerprint density at radius 3 is 2.25 bits per heavy atom. The number of carboxylic acid groups (broad SMARTS) is 1. The van der Waals surface area contributed by atoms with Gasteiger partial charge in [-0.05, 0) is 29.8 Å². The number of aromatic hydroxyl groups is 2. The smallest absolute Gasteiger partial charge is 0.323 e. The third-order valence-corrected chi connectivity index (χ3v) is 3.37. The fraction of sp³-hybridized carbons (Fsp3) is 0.111. The lowest BCUT2D eigenvalue weighted by Gasteiger charge is -2.22. The predicted octanol–water partition coefficient (Wildman–Crippen LogP) is 2.31. The van der Waals surface area contributed by atoms with Crippen LogP contribution in [0, 0.1) is 0 Å². The van der Waals surface area contributed by atoms with Gasteiger partial charge in [-0.1, -0.05) is 30.8 Å². The number of benzene rings is 2. The Morgan fingerprint density at radius 1 is 1.00 bits per heavy atom. The van der Waals surface area contributed by atoms with E-state index in [2.05, 4.69) is 6.58 Å². The average Bonchev–Trinajstić information content (AvgIpc) is 2.56. The van der Waals surface area contributed by atoms with E-state index in [9.17, 15) is 19.8 Å². The summed E-state index contributed by atoms with van der Waals surface area (Å²) in [5.74, 6) is -2.20. The molecule has 6 heteroatoms. The highest BCUT2D eigenvalue weighted by Gasteiger charge is 2.21. The van der Waals surface area contributed by atoms with Gasteiger partial charge in [0.1, 0.15) is 6.54 Å². The number of hydrogen-bond acceptors (Lipinski definition) is 4. The fourth-order valence-electron chi connectivity index (χ4n) is 2.22. The highest BCUT2D eigenvalue weighted by Crippen LogP contribution is 2.26. The average molecular weight is 327 g/mol. The summed E-state index contributed by atoms with van der Waals surface area (Å²) in [7, 11) is 0. The fourth-order valence-corrected chi connectivity index (χ4v) is 2.22. The molecule has 0 aliphatic rings. The van der Waals surface area contributed by atoms with Crippen molar-refractivity contribution in [3.63, 3.8) is 0 Å². The van der Waals surface area contributed by atoms with Crippen molar-refractivity contribution >= 4 is 17.6 Å². The van der Waals surface area contributed by atoms with Crippen molar-refractivity contribution in [2.75, 3.05) is 11.4 Å². The van der Waals surface area contributed by atoms with Gasteiger partial charge in [0.15, 0.2) is 11.5 Å². The van der Waals surface area contributed by atoms with Crippen molar-refractivity contribution in [3.8, 4) is 11.5 Å². The molecule has 2 rings (SSSR count). The molecule has 0 heterocycles. The maximum Gasteiger partial charge on any atom is 0.323 e. The molecule has 2 aromatic rings. The first-order valence-electron chi connectivity index (χ1n) is 7.16. The van der Waals surface area contributed by atoms with Crippen LogP contribution in [0.15, 0.2) is 60.7 Å². The Kier molecular flexibility index (Phi) is 5.21. The van der Waals surface area contributed by atoms with E-state index < -0.39 is 18.4 Å². The van der Waals surface area contributed by atoms with Crippen molar-refractivity contribution in [3.05, 3.63) is 66.2 Å². The minimum Gasteiger partial charge on any atom is -0.504 e. The number of carbonyl (C=O) groups is 2. The van der Waals surface area contributed by atoms with E-state index >= 15 is 0 Å². The van der Waals surface area contributed by atoms with E-state index in [1.54, 1.807) is 36.4 Å². The van der Waals surface area contributed by atoms with Gasteiger partial charge in [0.2, 0.25) is 0 Å². The number of para-hydroxylation sites is 1. The van der Waals surface area contributed by atoms with E-state index in [0.29, 0.717) is 11.3 Å². The summed E-state index contributed by atoms with van der Waals surface area (Å²) in [6, 6.07) is 12.7. The summed E-state index contributed by atoms with van der Waals surface area (Å²) < 4.78 is 0. The maximum atomic E-state index is 12.6. The Bertz CT molecular complexity index is 770. The monoisotopic (exact) mass is 327 g/mol. The van der Waals surface area contributed by atoms with Gasteiger partial charge in [-0.15, -0.1) is 0 Å². The topological polar surface area (TPSA) is 98.1 Å². The van der Waals surface area contributed by atoms with Crippen LogP contribution < -0.4 is 4.90 Å². The minimum atomic E-state index is -1.14. The molecule has 0 aliphatic carbocycles. The molecule has 0 radical (unpaired) electrons. The predicted molar refractivity (Wildman–Crippen MR) is 89.0 cm³/mol. The zero-order chi connectivity index (χ0) is 17.7. The summed E-state index contributed by atoms with van der Waals surface area (Å²) in [5.41, 5.74) is 1.21. The third-order valence-electron chi connectivity index (χ3n) is 3.37. The number of rotatable bonds is 6. The molecule has 0 saturated carbocycles. The van der Waals surface area contributed by atoms with Crippen LogP contribution in [0.5, 0.6) is 11.5 Å². The number of amides is 1. The largest absolute Gasteiger partial charge is 0.504 e.